The molecule has 2 aromatic heterocycles. The minimum absolute atomic E-state index is 0.0305. The second kappa shape index (κ2) is 7.23. The number of nitrogens with zero attached hydrogens (tertiary/aromatic N) is 2. The van der Waals surface area contributed by atoms with Gasteiger partial charge in [0.05, 0.1) is 18.3 Å². The van der Waals surface area contributed by atoms with Crippen molar-refractivity contribution in [2.45, 2.75) is 49.5 Å². The Kier molecular flexibility index (Phi) is 5.21. The summed E-state index contributed by atoms with van der Waals surface area (Å²) in [4.78, 5) is 16.2. The minimum Gasteiger partial charge on any atom is -0.351 e. The first-order valence-electron chi connectivity index (χ1n) is 8.17. The highest BCUT2D eigenvalue weighted by Crippen LogP contribution is 2.39. The lowest BCUT2D eigenvalue weighted by atomic mass is 10.2. The van der Waals surface area contributed by atoms with Gasteiger partial charge in [-0.2, -0.15) is 4.31 Å². The average Bonchev–Trinajstić information content (AvgIpc) is 3.28. The van der Waals surface area contributed by atoms with Gasteiger partial charge in [-0.05, 0) is 44.0 Å². The molecule has 0 bridgehead atoms. The standard InChI is InChI=1S/C17H21N3O3S2/c1-12(16-5-3-4-10-18-16)20(14-6-7-14)25(22,23)17-9-8-15(24-17)11-19-13(2)21/h3-5,8-10,12,14H,6-7,11H2,1-2H3,(H,19,21). The minimum atomic E-state index is -3.60. The third kappa shape index (κ3) is 4.08. The van der Waals surface area contributed by atoms with Crippen LogP contribution in [0.15, 0.2) is 40.7 Å². The summed E-state index contributed by atoms with van der Waals surface area (Å²) in [6.45, 7) is 3.66. The lowest BCUT2D eigenvalue weighted by Crippen LogP contribution is -2.35. The lowest BCUT2D eigenvalue weighted by Gasteiger charge is -2.27. The van der Waals surface area contributed by atoms with Crippen LogP contribution in [-0.4, -0.2) is 29.7 Å². The van der Waals surface area contributed by atoms with Gasteiger partial charge in [-0.25, -0.2) is 8.42 Å². The summed E-state index contributed by atoms with van der Waals surface area (Å²) in [5.41, 5.74) is 0.744. The molecule has 1 saturated carbocycles. The van der Waals surface area contributed by atoms with E-state index in [1.807, 2.05) is 25.1 Å². The van der Waals surface area contributed by atoms with E-state index in [0.29, 0.717) is 10.8 Å². The van der Waals surface area contributed by atoms with Crippen molar-refractivity contribution in [3.05, 3.63) is 47.1 Å². The number of carbonyl (C=O) groups is 1. The molecule has 0 saturated heterocycles. The number of rotatable bonds is 7. The Hall–Kier alpha value is -1.77. The van der Waals surface area contributed by atoms with E-state index in [1.165, 1.54) is 18.3 Å². The monoisotopic (exact) mass is 379 g/mol. The van der Waals surface area contributed by atoms with Crippen LogP contribution in [0.25, 0.3) is 0 Å². The van der Waals surface area contributed by atoms with E-state index in [4.69, 9.17) is 0 Å². The Morgan fingerprint density at radius 1 is 1.36 bits per heavy atom. The summed E-state index contributed by atoms with van der Waals surface area (Å²) in [6, 6.07) is 8.63. The molecular formula is C17H21N3O3S2. The van der Waals surface area contributed by atoms with Gasteiger partial charge < -0.3 is 5.32 Å². The van der Waals surface area contributed by atoms with Crippen LogP contribution >= 0.6 is 11.3 Å². The number of carbonyl (C=O) groups excluding carboxylic acids is 1. The van der Waals surface area contributed by atoms with Crippen molar-refractivity contribution in [1.82, 2.24) is 14.6 Å². The number of amides is 1. The van der Waals surface area contributed by atoms with Crippen molar-refractivity contribution in [1.29, 1.82) is 0 Å². The number of aromatic nitrogens is 1. The molecule has 1 amide bonds. The van der Waals surface area contributed by atoms with Crippen LogP contribution < -0.4 is 5.32 Å². The Morgan fingerprint density at radius 3 is 2.72 bits per heavy atom. The molecule has 1 aliphatic rings. The molecule has 2 aromatic rings. The summed E-state index contributed by atoms with van der Waals surface area (Å²) in [5.74, 6) is -0.138. The Bertz CT molecular complexity index is 845. The highest BCUT2D eigenvalue weighted by atomic mass is 32.2. The van der Waals surface area contributed by atoms with Crippen molar-refractivity contribution < 1.29 is 13.2 Å². The quantitative estimate of drug-likeness (QED) is 0.802. The Morgan fingerprint density at radius 2 is 2.12 bits per heavy atom. The molecule has 8 heteroatoms. The van der Waals surface area contributed by atoms with Gasteiger partial charge in [0, 0.05) is 24.0 Å². The lowest BCUT2D eigenvalue weighted by molar-refractivity contribution is -0.119. The molecule has 1 aliphatic carbocycles. The molecule has 0 aliphatic heterocycles. The molecule has 2 heterocycles. The van der Waals surface area contributed by atoms with Crippen LogP contribution in [0.5, 0.6) is 0 Å². The van der Waals surface area contributed by atoms with Crippen LogP contribution in [0.3, 0.4) is 0 Å². The van der Waals surface area contributed by atoms with Gasteiger partial charge in [0.25, 0.3) is 10.0 Å². The van der Waals surface area contributed by atoms with E-state index in [9.17, 15) is 13.2 Å². The van der Waals surface area contributed by atoms with Crippen molar-refractivity contribution in [2.24, 2.45) is 0 Å². The highest BCUT2D eigenvalue weighted by molar-refractivity contribution is 7.91. The smallest absolute Gasteiger partial charge is 0.253 e. The number of sulfonamides is 1. The first-order valence-corrected chi connectivity index (χ1v) is 10.4. The number of hydrogen-bond donors (Lipinski definition) is 1. The van der Waals surface area contributed by atoms with E-state index < -0.39 is 10.0 Å². The zero-order chi connectivity index (χ0) is 18.0. The topological polar surface area (TPSA) is 79.4 Å². The van der Waals surface area contributed by atoms with Gasteiger partial charge in [-0.1, -0.05) is 6.07 Å². The summed E-state index contributed by atoms with van der Waals surface area (Å²) in [7, 11) is -3.60. The molecule has 6 nitrogen and oxygen atoms in total. The van der Waals surface area contributed by atoms with Crippen molar-refractivity contribution in [2.75, 3.05) is 0 Å². The normalized spacial score (nSPS) is 16.0. The second-order valence-electron chi connectivity index (χ2n) is 6.13. The predicted octanol–water partition coefficient (Wildman–Crippen LogP) is 2.69. The third-order valence-corrected chi connectivity index (χ3v) is 7.66. The molecule has 0 spiro atoms. The predicted molar refractivity (Wildman–Crippen MR) is 96.5 cm³/mol. The summed E-state index contributed by atoms with van der Waals surface area (Å²) in [5, 5.41) is 2.69. The fourth-order valence-electron chi connectivity index (χ4n) is 2.71. The number of hydrogen-bond acceptors (Lipinski definition) is 5. The molecule has 3 rings (SSSR count). The van der Waals surface area contributed by atoms with Gasteiger partial charge in [-0.3, -0.25) is 9.78 Å². The van der Waals surface area contributed by atoms with Crippen LogP contribution in [0.4, 0.5) is 0 Å². The maximum absolute atomic E-state index is 13.2. The Balaban J connectivity index is 1.87. The molecule has 1 unspecified atom stereocenters. The third-order valence-electron chi connectivity index (χ3n) is 4.08. The van der Waals surface area contributed by atoms with Crippen LogP contribution in [-0.2, 0) is 21.4 Å². The maximum atomic E-state index is 13.2. The fourth-order valence-corrected chi connectivity index (χ4v) is 5.96. The summed E-state index contributed by atoms with van der Waals surface area (Å²) in [6.07, 6.45) is 3.43. The van der Waals surface area contributed by atoms with Crippen molar-refractivity contribution in [3.8, 4) is 0 Å². The van der Waals surface area contributed by atoms with E-state index in [1.54, 1.807) is 22.6 Å². The van der Waals surface area contributed by atoms with Crippen LogP contribution in [0.1, 0.15) is 43.3 Å². The molecule has 25 heavy (non-hydrogen) atoms. The van der Waals surface area contributed by atoms with E-state index >= 15 is 0 Å². The van der Waals surface area contributed by atoms with E-state index in [-0.39, 0.29) is 18.0 Å². The van der Waals surface area contributed by atoms with Gasteiger partial charge in [0.2, 0.25) is 5.91 Å². The molecule has 134 valence electrons. The van der Waals surface area contributed by atoms with Gasteiger partial charge in [0.1, 0.15) is 4.21 Å². The Labute approximate surface area is 151 Å². The van der Waals surface area contributed by atoms with Gasteiger partial charge >= 0.3 is 0 Å². The zero-order valence-corrected chi connectivity index (χ0v) is 15.8. The molecule has 0 aromatic carbocycles. The molecule has 1 atom stereocenters. The van der Waals surface area contributed by atoms with Crippen LogP contribution in [0.2, 0.25) is 0 Å². The van der Waals surface area contributed by atoms with Crippen LogP contribution in [0, 0.1) is 0 Å². The summed E-state index contributed by atoms with van der Waals surface area (Å²) < 4.78 is 28.3. The number of pyridine rings is 1. The highest BCUT2D eigenvalue weighted by Gasteiger charge is 2.42. The average molecular weight is 380 g/mol. The molecule has 1 fully saturated rings. The first-order chi connectivity index (χ1) is 11.9. The molecule has 1 N–H and O–H groups in total. The molecular weight excluding hydrogens is 358 g/mol. The van der Waals surface area contributed by atoms with E-state index in [0.717, 1.165) is 23.4 Å². The maximum Gasteiger partial charge on any atom is 0.253 e. The summed E-state index contributed by atoms with van der Waals surface area (Å²) >= 11 is 1.20. The number of thiophene rings is 1. The van der Waals surface area contributed by atoms with Gasteiger partial charge in [-0.15, -0.1) is 11.3 Å². The SMILES string of the molecule is CC(=O)NCc1ccc(S(=O)(=O)N(C2CC2)C(C)c2ccccn2)s1. The van der Waals surface area contributed by atoms with Crippen molar-refractivity contribution in [3.63, 3.8) is 0 Å². The van der Waals surface area contributed by atoms with Gasteiger partial charge in [0.15, 0.2) is 0 Å². The van der Waals surface area contributed by atoms with Crippen molar-refractivity contribution >= 4 is 27.3 Å². The second-order valence-corrected chi connectivity index (χ2v) is 9.37. The van der Waals surface area contributed by atoms with E-state index in [2.05, 4.69) is 10.3 Å². The largest absolute Gasteiger partial charge is 0.351 e. The first kappa shape index (κ1) is 18.0. The zero-order valence-electron chi connectivity index (χ0n) is 14.2. The molecule has 0 radical (unpaired) electrons. The fraction of sp³-hybridized carbons (Fsp3) is 0.412. The number of nitrogens with one attached hydrogen (secondary N) is 1.